The molecule has 0 atom stereocenters. The summed E-state index contributed by atoms with van der Waals surface area (Å²) in [6.45, 7) is 3.84. The van der Waals surface area contributed by atoms with Crippen LogP contribution in [0.3, 0.4) is 0 Å². The minimum Gasteiger partial charge on any atom is -0.322 e. The third kappa shape index (κ3) is 5.67. The summed E-state index contributed by atoms with van der Waals surface area (Å²) >= 11 is 2.82. The lowest BCUT2D eigenvalue weighted by Gasteiger charge is -2.08. The van der Waals surface area contributed by atoms with Gasteiger partial charge in [0.2, 0.25) is 5.91 Å². The average molecular weight is 398 g/mol. The van der Waals surface area contributed by atoms with Crippen LogP contribution in [0, 0.1) is 13.8 Å². The lowest BCUT2D eigenvalue weighted by molar-refractivity contribution is -0.113. The highest BCUT2D eigenvalue weighted by atomic mass is 32.2. The summed E-state index contributed by atoms with van der Waals surface area (Å²) in [7, 11) is 0. The Morgan fingerprint density at radius 3 is 2.63 bits per heavy atom. The van der Waals surface area contributed by atoms with E-state index in [4.69, 9.17) is 0 Å². The van der Waals surface area contributed by atoms with Crippen molar-refractivity contribution in [2.75, 3.05) is 16.4 Å². The van der Waals surface area contributed by atoms with E-state index in [-0.39, 0.29) is 17.6 Å². The third-order valence-electron chi connectivity index (χ3n) is 3.61. The van der Waals surface area contributed by atoms with Crippen molar-refractivity contribution in [3.63, 3.8) is 0 Å². The van der Waals surface area contributed by atoms with Crippen LogP contribution in [0.5, 0.6) is 0 Å². The van der Waals surface area contributed by atoms with Gasteiger partial charge in [-0.1, -0.05) is 23.8 Å². The molecule has 1 heterocycles. The van der Waals surface area contributed by atoms with Crippen molar-refractivity contribution in [2.45, 2.75) is 18.7 Å². The molecule has 0 spiro atoms. The molecule has 0 saturated heterocycles. The van der Waals surface area contributed by atoms with Gasteiger partial charge in [0.05, 0.1) is 11.4 Å². The Bertz CT molecular complexity index is 969. The van der Waals surface area contributed by atoms with Crippen molar-refractivity contribution < 1.29 is 9.59 Å². The number of aryl methyl sites for hydroxylation is 2. The van der Waals surface area contributed by atoms with Crippen LogP contribution < -0.4 is 10.6 Å². The predicted molar refractivity (Wildman–Crippen MR) is 112 cm³/mol. The largest absolute Gasteiger partial charge is 0.322 e. The molecule has 0 aliphatic heterocycles. The number of thioether (sulfide) groups is 1. The fraction of sp³-hybridized carbons (Fsp3) is 0.150. The molecule has 1 aromatic heterocycles. The van der Waals surface area contributed by atoms with Gasteiger partial charge in [-0.25, -0.2) is 4.98 Å². The van der Waals surface area contributed by atoms with Crippen LogP contribution >= 0.6 is 23.1 Å². The van der Waals surface area contributed by atoms with Crippen molar-refractivity contribution >= 4 is 45.7 Å². The minimum atomic E-state index is -0.155. The molecule has 0 aliphatic carbocycles. The number of benzene rings is 2. The molecule has 0 saturated carbocycles. The molecule has 2 amide bonds. The average Bonchev–Trinajstić information content (AvgIpc) is 3.05. The fourth-order valence-corrected chi connectivity index (χ4v) is 3.83. The zero-order chi connectivity index (χ0) is 19.2. The molecular formula is C20H19N3O2S2. The lowest BCUT2D eigenvalue weighted by Crippen LogP contribution is -2.14. The molecular weight excluding hydrogens is 378 g/mol. The van der Waals surface area contributed by atoms with E-state index >= 15 is 0 Å². The first-order valence-corrected chi connectivity index (χ1v) is 10.2. The van der Waals surface area contributed by atoms with Crippen molar-refractivity contribution in [1.29, 1.82) is 0 Å². The number of nitrogens with zero attached hydrogens (tertiary/aromatic N) is 1. The van der Waals surface area contributed by atoms with Crippen LogP contribution in [0.2, 0.25) is 0 Å². The number of hydrogen-bond acceptors (Lipinski definition) is 5. The minimum absolute atomic E-state index is 0.108. The van der Waals surface area contributed by atoms with Gasteiger partial charge in [-0.3, -0.25) is 9.59 Å². The Kier molecular flexibility index (Phi) is 6.26. The molecule has 5 nitrogen and oxygen atoms in total. The summed E-state index contributed by atoms with van der Waals surface area (Å²) in [5, 5.41) is 8.18. The van der Waals surface area contributed by atoms with E-state index in [1.54, 1.807) is 6.07 Å². The number of anilines is 2. The van der Waals surface area contributed by atoms with Gasteiger partial charge in [-0.2, -0.15) is 0 Å². The number of carbonyl (C=O) groups is 2. The molecule has 0 radical (unpaired) electrons. The molecule has 2 aromatic carbocycles. The maximum Gasteiger partial charge on any atom is 0.255 e. The van der Waals surface area contributed by atoms with Gasteiger partial charge in [0.15, 0.2) is 5.13 Å². The Balaban J connectivity index is 1.57. The van der Waals surface area contributed by atoms with E-state index in [2.05, 4.69) is 15.6 Å². The normalized spacial score (nSPS) is 10.4. The quantitative estimate of drug-likeness (QED) is 0.589. The molecule has 0 unspecified atom stereocenters. The van der Waals surface area contributed by atoms with Crippen molar-refractivity contribution in [2.24, 2.45) is 0 Å². The van der Waals surface area contributed by atoms with Crippen molar-refractivity contribution in [3.8, 4) is 0 Å². The number of hydrogen-bond donors (Lipinski definition) is 2. The number of rotatable bonds is 6. The number of carbonyl (C=O) groups excluding carboxylic acids is 2. The summed E-state index contributed by atoms with van der Waals surface area (Å²) in [4.78, 5) is 29.5. The maximum atomic E-state index is 12.4. The van der Waals surface area contributed by atoms with Gasteiger partial charge < -0.3 is 10.6 Å². The van der Waals surface area contributed by atoms with Gasteiger partial charge in [-0.05, 0) is 44.2 Å². The zero-order valence-corrected chi connectivity index (χ0v) is 16.6. The Hall–Kier alpha value is -2.64. The topological polar surface area (TPSA) is 71.1 Å². The van der Waals surface area contributed by atoms with Gasteiger partial charge in [0.25, 0.3) is 5.91 Å². The predicted octanol–water partition coefficient (Wildman–Crippen LogP) is 4.74. The van der Waals surface area contributed by atoms with E-state index in [1.165, 1.54) is 23.1 Å². The first-order valence-electron chi connectivity index (χ1n) is 8.32. The molecule has 7 heteroatoms. The number of amides is 2. The smallest absolute Gasteiger partial charge is 0.255 e. The Morgan fingerprint density at radius 1 is 1.07 bits per heavy atom. The number of aromatic nitrogens is 1. The Labute approximate surface area is 166 Å². The molecule has 3 aromatic rings. The standard InChI is InChI=1S/C20H19N3O2S2/c1-13-5-3-6-15(9-13)19(25)22-16-7-4-8-17(10-16)26-12-18(24)23-20-21-14(2)11-27-20/h3-11H,12H2,1-2H3,(H,22,25)(H,21,23,24). The number of nitrogens with one attached hydrogen (secondary N) is 2. The highest BCUT2D eigenvalue weighted by Gasteiger charge is 2.09. The lowest BCUT2D eigenvalue weighted by atomic mass is 10.1. The fourth-order valence-electron chi connectivity index (χ4n) is 2.37. The highest BCUT2D eigenvalue weighted by molar-refractivity contribution is 8.00. The van der Waals surface area contributed by atoms with Gasteiger partial charge in [0, 0.05) is 21.5 Å². The van der Waals surface area contributed by atoms with Crippen LogP contribution in [-0.2, 0) is 4.79 Å². The van der Waals surface area contributed by atoms with Crippen LogP contribution in [0.25, 0.3) is 0 Å². The second-order valence-corrected chi connectivity index (χ2v) is 7.89. The summed E-state index contributed by atoms with van der Waals surface area (Å²) in [5.74, 6) is 0.00903. The van der Waals surface area contributed by atoms with E-state index in [0.29, 0.717) is 16.4 Å². The van der Waals surface area contributed by atoms with Gasteiger partial charge >= 0.3 is 0 Å². The molecule has 0 bridgehead atoms. The van der Waals surface area contributed by atoms with Crippen molar-refractivity contribution in [3.05, 3.63) is 70.7 Å². The highest BCUT2D eigenvalue weighted by Crippen LogP contribution is 2.23. The maximum absolute atomic E-state index is 12.4. The molecule has 138 valence electrons. The summed E-state index contributed by atoms with van der Waals surface area (Å²) in [6, 6.07) is 14.9. The van der Waals surface area contributed by atoms with Crippen molar-refractivity contribution in [1.82, 2.24) is 4.98 Å². The van der Waals surface area contributed by atoms with E-state index in [9.17, 15) is 9.59 Å². The van der Waals surface area contributed by atoms with Gasteiger partial charge in [-0.15, -0.1) is 23.1 Å². The second kappa shape index (κ2) is 8.83. The van der Waals surface area contributed by atoms with Crippen LogP contribution in [0.15, 0.2) is 58.8 Å². The number of thiazole rings is 1. The molecule has 2 N–H and O–H groups in total. The zero-order valence-electron chi connectivity index (χ0n) is 15.0. The Morgan fingerprint density at radius 2 is 1.89 bits per heavy atom. The van der Waals surface area contributed by atoms with Crippen LogP contribution in [0.1, 0.15) is 21.6 Å². The summed E-state index contributed by atoms with van der Waals surface area (Å²) < 4.78 is 0. The monoisotopic (exact) mass is 397 g/mol. The molecule has 0 fully saturated rings. The van der Waals surface area contributed by atoms with Crippen LogP contribution in [0.4, 0.5) is 10.8 Å². The molecule has 3 rings (SSSR count). The summed E-state index contributed by atoms with van der Waals surface area (Å²) in [5.41, 5.74) is 3.24. The van der Waals surface area contributed by atoms with Crippen LogP contribution in [-0.4, -0.2) is 22.6 Å². The summed E-state index contributed by atoms with van der Waals surface area (Å²) in [6.07, 6.45) is 0. The van der Waals surface area contributed by atoms with Gasteiger partial charge in [0.1, 0.15) is 0 Å². The van der Waals surface area contributed by atoms with E-state index < -0.39 is 0 Å². The van der Waals surface area contributed by atoms with E-state index in [0.717, 1.165) is 16.2 Å². The second-order valence-electron chi connectivity index (χ2n) is 5.98. The first kappa shape index (κ1) is 19.1. The SMILES string of the molecule is Cc1cccc(C(=O)Nc2cccc(SCC(=O)Nc3nc(C)cs3)c2)c1. The molecule has 0 aliphatic rings. The first-order chi connectivity index (χ1) is 13.0. The third-order valence-corrected chi connectivity index (χ3v) is 5.48. The molecule has 27 heavy (non-hydrogen) atoms. The van der Waals surface area contributed by atoms with E-state index in [1.807, 2.05) is 61.7 Å².